The SMILES string of the molecule is COCCc1cc(C(Nc2ccc(C(N)N)cc2)c2nn(-c3ncccn3)c(=O)[nH]2)cc(OC)c1OC. The summed E-state index contributed by atoms with van der Waals surface area (Å²) in [6, 6.07) is 12.3. The molecule has 0 saturated carbocycles. The van der Waals surface area contributed by atoms with E-state index in [1.54, 1.807) is 39.8 Å². The molecule has 4 rings (SSSR count). The van der Waals surface area contributed by atoms with Gasteiger partial charge in [0.25, 0.3) is 5.95 Å². The van der Waals surface area contributed by atoms with Crippen LogP contribution in [0.15, 0.2) is 59.7 Å². The number of anilines is 1. The van der Waals surface area contributed by atoms with Gasteiger partial charge in [-0.3, -0.25) is 4.98 Å². The molecule has 1 atom stereocenters. The van der Waals surface area contributed by atoms with Crippen LogP contribution in [0.4, 0.5) is 5.69 Å². The summed E-state index contributed by atoms with van der Waals surface area (Å²) in [6.45, 7) is 0.485. The molecular weight excluding hydrogens is 476 g/mol. The Morgan fingerprint density at radius 3 is 2.38 bits per heavy atom. The number of aromatic amines is 1. The van der Waals surface area contributed by atoms with E-state index in [0.29, 0.717) is 30.4 Å². The molecule has 2 aromatic heterocycles. The average Bonchev–Trinajstić information content (AvgIpc) is 3.31. The van der Waals surface area contributed by atoms with Crippen molar-refractivity contribution in [2.24, 2.45) is 11.5 Å². The quantitative estimate of drug-likeness (QED) is 0.220. The molecule has 0 amide bonds. The van der Waals surface area contributed by atoms with Crippen LogP contribution in [0.1, 0.15) is 34.7 Å². The molecular formula is C25H30N8O4. The number of hydrogen-bond acceptors (Lipinski definition) is 10. The van der Waals surface area contributed by atoms with Gasteiger partial charge >= 0.3 is 5.69 Å². The Balaban J connectivity index is 1.83. The number of aromatic nitrogens is 5. The number of nitrogens with zero attached hydrogens (tertiary/aromatic N) is 4. The van der Waals surface area contributed by atoms with E-state index in [4.69, 9.17) is 25.7 Å². The lowest BCUT2D eigenvalue weighted by Crippen LogP contribution is -2.20. The summed E-state index contributed by atoms with van der Waals surface area (Å²) in [4.78, 5) is 23.9. The minimum Gasteiger partial charge on any atom is -0.493 e. The van der Waals surface area contributed by atoms with Gasteiger partial charge < -0.3 is 31.0 Å². The molecule has 12 heteroatoms. The van der Waals surface area contributed by atoms with Crippen molar-refractivity contribution in [3.05, 3.63) is 87.9 Å². The molecule has 37 heavy (non-hydrogen) atoms. The summed E-state index contributed by atoms with van der Waals surface area (Å²) < 4.78 is 17.7. The van der Waals surface area contributed by atoms with E-state index in [0.717, 1.165) is 27.1 Å². The zero-order valence-electron chi connectivity index (χ0n) is 20.8. The van der Waals surface area contributed by atoms with E-state index in [1.165, 1.54) is 0 Å². The molecule has 1 unspecified atom stereocenters. The molecule has 0 aliphatic carbocycles. The number of nitrogens with two attached hydrogens (primary N) is 2. The largest absolute Gasteiger partial charge is 0.493 e. The van der Waals surface area contributed by atoms with Crippen LogP contribution < -0.4 is 31.9 Å². The van der Waals surface area contributed by atoms with Gasteiger partial charge in [-0.1, -0.05) is 12.1 Å². The normalized spacial score (nSPS) is 11.9. The Morgan fingerprint density at radius 1 is 1.03 bits per heavy atom. The first-order chi connectivity index (χ1) is 17.9. The molecule has 194 valence electrons. The van der Waals surface area contributed by atoms with Crippen molar-refractivity contribution in [2.45, 2.75) is 18.6 Å². The molecule has 0 aliphatic heterocycles. The van der Waals surface area contributed by atoms with E-state index in [1.807, 2.05) is 36.4 Å². The molecule has 0 bridgehead atoms. The number of benzene rings is 2. The summed E-state index contributed by atoms with van der Waals surface area (Å²) in [5.41, 5.74) is 14.3. The maximum absolute atomic E-state index is 12.8. The Labute approximate surface area is 213 Å². The molecule has 2 heterocycles. The highest BCUT2D eigenvalue weighted by molar-refractivity contribution is 5.54. The summed E-state index contributed by atoms with van der Waals surface area (Å²) in [5, 5.41) is 7.96. The summed E-state index contributed by atoms with van der Waals surface area (Å²) in [5.74, 6) is 1.65. The van der Waals surface area contributed by atoms with Gasteiger partial charge in [-0.2, -0.15) is 0 Å². The number of hydrogen-bond donors (Lipinski definition) is 4. The first-order valence-corrected chi connectivity index (χ1v) is 11.5. The van der Waals surface area contributed by atoms with Crippen molar-refractivity contribution in [2.75, 3.05) is 33.3 Å². The maximum Gasteiger partial charge on any atom is 0.350 e. The third kappa shape index (κ3) is 5.77. The van der Waals surface area contributed by atoms with Gasteiger partial charge in [0.1, 0.15) is 6.04 Å². The lowest BCUT2D eigenvalue weighted by molar-refractivity contribution is 0.201. The monoisotopic (exact) mass is 506 g/mol. The Morgan fingerprint density at radius 2 is 1.76 bits per heavy atom. The molecule has 0 spiro atoms. The lowest BCUT2D eigenvalue weighted by atomic mass is 9.99. The van der Waals surface area contributed by atoms with Crippen molar-refractivity contribution >= 4 is 5.69 Å². The van der Waals surface area contributed by atoms with Crippen molar-refractivity contribution in [1.29, 1.82) is 0 Å². The number of rotatable bonds is 11. The van der Waals surface area contributed by atoms with Crippen LogP contribution >= 0.6 is 0 Å². The predicted molar refractivity (Wildman–Crippen MR) is 138 cm³/mol. The number of methoxy groups -OCH3 is 3. The third-order valence-corrected chi connectivity index (χ3v) is 5.74. The zero-order chi connectivity index (χ0) is 26.4. The van der Waals surface area contributed by atoms with Gasteiger partial charge in [0.2, 0.25) is 0 Å². The fourth-order valence-corrected chi connectivity index (χ4v) is 3.92. The molecule has 12 nitrogen and oxygen atoms in total. The Kier molecular flexibility index (Phi) is 8.13. The molecule has 0 fully saturated rings. The van der Waals surface area contributed by atoms with Crippen molar-refractivity contribution in [3.63, 3.8) is 0 Å². The number of H-pyrrole nitrogens is 1. The number of nitrogens with one attached hydrogen (secondary N) is 2. The predicted octanol–water partition coefficient (Wildman–Crippen LogP) is 1.67. The highest BCUT2D eigenvalue weighted by Crippen LogP contribution is 2.37. The van der Waals surface area contributed by atoms with Gasteiger partial charge in [-0.05, 0) is 47.9 Å². The van der Waals surface area contributed by atoms with Gasteiger partial charge in [-0.25, -0.2) is 14.8 Å². The Bertz CT molecular complexity index is 1370. The summed E-state index contributed by atoms with van der Waals surface area (Å²) in [7, 11) is 4.80. The van der Waals surface area contributed by atoms with Crippen LogP contribution in [0, 0.1) is 0 Å². The van der Waals surface area contributed by atoms with E-state index in [9.17, 15) is 4.79 Å². The van der Waals surface area contributed by atoms with Gasteiger partial charge in [0.15, 0.2) is 17.3 Å². The van der Waals surface area contributed by atoms with Crippen LogP contribution in [0.5, 0.6) is 11.5 Å². The van der Waals surface area contributed by atoms with Gasteiger partial charge in [-0.15, -0.1) is 9.78 Å². The first-order valence-electron chi connectivity index (χ1n) is 11.5. The number of ether oxygens (including phenoxy) is 3. The van der Waals surface area contributed by atoms with E-state index >= 15 is 0 Å². The van der Waals surface area contributed by atoms with Crippen molar-refractivity contribution in [3.8, 4) is 17.4 Å². The third-order valence-electron chi connectivity index (χ3n) is 5.74. The molecule has 0 saturated heterocycles. The topological polar surface area (TPSA) is 168 Å². The molecule has 0 radical (unpaired) electrons. The Hall–Kier alpha value is -4.26. The second kappa shape index (κ2) is 11.6. The van der Waals surface area contributed by atoms with Crippen LogP contribution in [-0.4, -0.2) is 52.7 Å². The summed E-state index contributed by atoms with van der Waals surface area (Å²) >= 11 is 0. The van der Waals surface area contributed by atoms with Crippen LogP contribution in [0.3, 0.4) is 0 Å². The molecule has 2 aromatic carbocycles. The second-order valence-corrected chi connectivity index (χ2v) is 8.16. The highest BCUT2D eigenvalue weighted by atomic mass is 16.5. The van der Waals surface area contributed by atoms with Crippen LogP contribution in [0.2, 0.25) is 0 Å². The second-order valence-electron chi connectivity index (χ2n) is 8.16. The van der Waals surface area contributed by atoms with Crippen molar-refractivity contribution in [1.82, 2.24) is 24.7 Å². The highest BCUT2D eigenvalue weighted by Gasteiger charge is 2.24. The van der Waals surface area contributed by atoms with E-state index in [-0.39, 0.29) is 5.95 Å². The maximum atomic E-state index is 12.8. The minimum atomic E-state index is -0.587. The lowest BCUT2D eigenvalue weighted by Gasteiger charge is -2.22. The van der Waals surface area contributed by atoms with Crippen LogP contribution in [0.25, 0.3) is 5.95 Å². The molecule has 4 aromatic rings. The molecule has 6 N–H and O–H groups in total. The fourth-order valence-electron chi connectivity index (χ4n) is 3.92. The smallest absolute Gasteiger partial charge is 0.350 e. The van der Waals surface area contributed by atoms with Crippen LogP contribution in [-0.2, 0) is 11.2 Å². The van der Waals surface area contributed by atoms with Gasteiger partial charge in [0, 0.05) is 30.8 Å². The fraction of sp³-hybridized carbons (Fsp3) is 0.280. The first kappa shape index (κ1) is 25.8. The summed E-state index contributed by atoms with van der Waals surface area (Å²) in [6.07, 6.45) is 3.08. The zero-order valence-corrected chi connectivity index (χ0v) is 20.8. The minimum absolute atomic E-state index is 0.156. The van der Waals surface area contributed by atoms with Gasteiger partial charge in [0.05, 0.1) is 27.0 Å². The van der Waals surface area contributed by atoms with E-state index in [2.05, 4.69) is 25.4 Å². The van der Waals surface area contributed by atoms with E-state index < -0.39 is 17.9 Å². The van der Waals surface area contributed by atoms with Crippen molar-refractivity contribution < 1.29 is 14.2 Å². The standard InChI is InChI=1S/C25H30N8O4/c1-35-12-9-16-13-17(14-19(36-2)21(16)37-3)20(30-18-7-5-15(6-8-18)22(26)27)23-31-25(34)33(32-23)24-28-10-4-11-29-24/h4-8,10-11,13-14,20,22,30H,9,12,26-27H2,1-3H3,(H,31,32,34). The average molecular weight is 507 g/mol. The molecule has 0 aliphatic rings.